The highest BCUT2D eigenvalue weighted by Gasteiger charge is 2.17. The minimum atomic E-state index is 0.321. The van der Waals surface area contributed by atoms with Crippen molar-refractivity contribution in [3.63, 3.8) is 0 Å². The number of rotatable bonds is 6. The summed E-state index contributed by atoms with van der Waals surface area (Å²) in [6.45, 7) is 5.95. The zero-order valence-electron chi connectivity index (χ0n) is 12.1. The van der Waals surface area contributed by atoms with E-state index in [0.29, 0.717) is 5.75 Å². The third-order valence-electron chi connectivity index (χ3n) is 3.36. The number of hydrogen-bond acceptors (Lipinski definition) is 3. The molecule has 0 atom stereocenters. The summed E-state index contributed by atoms with van der Waals surface area (Å²) in [6.07, 6.45) is 5.16. The fourth-order valence-electron chi connectivity index (χ4n) is 2.29. The maximum atomic E-state index is 10.4. The number of hydrogen-bond donors (Lipinski definition) is 2. The largest absolute Gasteiger partial charge is 0.506 e. The van der Waals surface area contributed by atoms with Crippen LogP contribution in [0.3, 0.4) is 0 Å². The quantitative estimate of drug-likeness (QED) is 0.770. The minimum Gasteiger partial charge on any atom is -0.506 e. The number of unbranched alkanes of at least 4 members (excludes halogenated alkanes) is 1. The van der Waals surface area contributed by atoms with Crippen LogP contribution < -0.4 is 5.32 Å². The molecule has 1 heterocycles. The molecule has 1 aromatic heterocycles. The van der Waals surface area contributed by atoms with Gasteiger partial charge in [0.25, 0.3) is 0 Å². The topological polar surface area (TPSA) is 32.3 Å². The Morgan fingerprint density at radius 3 is 2.85 bits per heavy atom. The van der Waals surface area contributed by atoms with Crippen LogP contribution >= 0.6 is 11.3 Å². The van der Waals surface area contributed by atoms with Gasteiger partial charge < -0.3 is 10.4 Å². The van der Waals surface area contributed by atoms with Crippen LogP contribution in [0.1, 0.15) is 30.2 Å². The highest BCUT2D eigenvalue weighted by Crippen LogP contribution is 2.46. The zero-order valence-corrected chi connectivity index (χ0v) is 12.9. The maximum Gasteiger partial charge on any atom is 0.143 e. The van der Waals surface area contributed by atoms with Crippen molar-refractivity contribution in [3.05, 3.63) is 41.3 Å². The van der Waals surface area contributed by atoms with Crippen molar-refractivity contribution in [2.45, 2.75) is 26.2 Å². The molecule has 0 aliphatic heterocycles. The normalized spacial score (nSPS) is 10.5. The monoisotopic (exact) mass is 287 g/mol. The van der Waals surface area contributed by atoms with Crippen LogP contribution in [0.25, 0.3) is 17.2 Å². The lowest BCUT2D eigenvalue weighted by Crippen LogP contribution is -1.89. The van der Waals surface area contributed by atoms with Gasteiger partial charge in [-0.25, -0.2) is 0 Å². The van der Waals surface area contributed by atoms with E-state index in [-0.39, 0.29) is 0 Å². The average molecular weight is 287 g/mol. The molecular formula is C17H21NOS. The van der Waals surface area contributed by atoms with Crippen molar-refractivity contribution in [3.8, 4) is 16.9 Å². The van der Waals surface area contributed by atoms with E-state index in [1.54, 1.807) is 6.08 Å². The smallest absolute Gasteiger partial charge is 0.143 e. The molecule has 0 aliphatic rings. The van der Waals surface area contributed by atoms with Crippen molar-refractivity contribution in [1.29, 1.82) is 0 Å². The van der Waals surface area contributed by atoms with E-state index in [1.165, 1.54) is 29.7 Å². The molecule has 106 valence electrons. The van der Waals surface area contributed by atoms with E-state index < -0.39 is 0 Å². The van der Waals surface area contributed by atoms with Crippen LogP contribution in [-0.2, 0) is 6.42 Å². The lowest BCUT2D eigenvalue weighted by Gasteiger charge is -2.07. The Balaban J connectivity index is 2.45. The molecular weight excluding hydrogens is 266 g/mol. The predicted molar refractivity (Wildman–Crippen MR) is 89.7 cm³/mol. The number of anilines is 1. The molecule has 2 rings (SSSR count). The first-order valence-electron chi connectivity index (χ1n) is 6.96. The first-order chi connectivity index (χ1) is 9.71. The standard InChI is InChI=1S/C17H21NOS/c1-4-6-8-12-9-7-10-13(11-12)15-16(19)14(5-2)20-17(15)18-3/h5,7,9-11,18-19H,2,4,6,8H2,1,3H3. The van der Waals surface area contributed by atoms with Gasteiger partial charge in [-0.2, -0.15) is 0 Å². The van der Waals surface area contributed by atoms with Crippen molar-refractivity contribution < 1.29 is 5.11 Å². The second-order valence-electron chi connectivity index (χ2n) is 4.78. The maximum absolute atomic E-state index is 10.4. The molecule has 0 fully saturated rings. The Kier molecular flexibility index (Phi) is 4.85. The number of benzene rings is 1. The molecule has 1 aromatic carbocycles. The summed E-state index contributed by atoms with van der Waals surface area (Å²) in [5.74, 6) is 0.321. The molecule has 0 amide bonds. The summed E-state index contributed by atoms with van der Waals surface area (Å²) in [4.78, 5) is 0.809. The Labute approximate surface area is 124 Å². The van der Waals surface area contributed by atoms with E-state index >= 15 is 0 Å². The van der Waals surface area contributed by atoms with Gasteiger partial charge >= 0.3 is 0 Å². The molecule has 3 heteroatoms. The number of nitrogens with one attached hydrogen (secondary N) is 1. The molecule has 0 aliphatic carbocycles. The summed E-state index contributed by atoms with van der Waals surface area (Å²) < 4.78 is 0. The first-order valence-corrected chi connectivity index (χ1v) is 7.78. The van der Waals surface area contributed by atoms with Crippen LogP contribution in [-0.4, -0.2) is 12.2 Å². The van der Waals surface area contributed by atoms with Crippen LogP contribution in [0.5, 0.6) is 5.75 Å². The Morgan fingerprint density at radius 2 is 2.20 bits per heavy atom. The molecule has 2 aromatic rings. The molecule has 0 saturated heterocycles. The van der Waals surface area contributed by atoms with E-state index in [1.807, 2.05) is 13.1 Å². The van der Waals surface area contributed by atoms with Gasteiger partial charge in [-0.1, -0.05) is 44.2 Å². The SMILES string of the molecule is C=Cc1sc(NC)c(-c2cccc(CCCC)c2)c1O. The molecule has 0 spiro atoms. The van der Waals surface area contributed by atoms with Gasteiger partial charge in [-0.3, -0.25) is 0 Å². The molecule has 0 saturated carbocycles. The zero-order chi connectivity index (χ0) is 14.5. The third kappa shape index (κ3) is 2.88. The second-order valence-corrected chi connectivity index (χ2v) is 5.83. The summed E-state index contributed by atoms with van der Waals surface area (Å²) in [7, 11) is 1.88. The lowest BCUT2D eigenvalue weighted by molar-refractivity contribution is 0.479. The lowest BCUT2D eigenvalue weighted by atomic mass is 10.0. The van der Waals surface area contributed by atoms with Gasteiger partial charge in [0.2, 0.25) is 0 Å². The molecule has 2 nitrogen and oxygen atoms in total. The molecule has 20 heavy (non-hydrogen) atoms. The second kappa shape index (κ2) is 6.62. The Hall–Kier alpha value is -1.74. The highest BCUT2D eigenvalue weighted by atomic mass is 32.1. The van der Waals surface area contributed by atoms with Crippen molar-refractivity contribution in [2.24, 2.45) is 0 Å². The molecule has 2 N–H and O–H groups in total. The molecule has 0 unspecified atom stereocenters. The summed E-state index contributed by atoms with van der Waals surface area (Å²) in [5.41, 5.74) is 3.26. The van der Waals surface area contributed by atoms with Crippen LogP contribution in [0.15, 0.2) is 30.8 Å². The van der Waals surface area contributed by atoms with Gasteiger partial charge in [0.05, 0.1) is 10.4 Å². The van der Waals surface area contributed by atoms with E-state index in [9.17, 15) is 5.11 Å². The van der Waals surface area contributed by atoms with Gasteiger partial charge in [0.1, 0.15) is 10.8 Å². The first kappa shape index (κ1) is 14.7. The fourth-order valence-corrected chi connectivity index (χ4v) is 3.21. The highest BCUT2D eigenvalue weighted by molar-refractivity contribution is 7.18. The number of aromatic hydroxyl groups is 1. The summed E-state index contributed by atoms with van der Waals surface area (Å²) in [6, 6.07) is 8.43. The van der Waals surface area contributed by atoms with Crippen molar-refractivity contribution >= 4 is 22.4 Å². The van der Waals surface area contributed by atoms with Crippen LogP contribution in [0.2, 0.25) is 0 Å². The van der Waals surface area contributed by atoms with Crippen LogP contribution in [0, 0.1) is 0 Å². The fraction of sp³-hybridized carbons (Fsp3) is 0.294. The van der Waals surface area contributed by atoms with Gasteiger partial charge in [0.15, 0.2) is 0 Å². The van der Waals surface area contributed by atoms with Crippen molar-refractivity contribution in [2.75, 3.05) is 12.4 Å². The Bertz CT molecular complexity index is 601. The average Bonchev–Trinajstić information content (AvgIpc) is 2.81. The molecule has 0 radical (unpaired) electrons. The van der Waals surface area contributed by atoms with Gasteiger partial charge in [-0.15, -0.1) is 11.3 Å². The van der Waals surface area contributed by atoms with E-state index in [0.717, 1.165) is 27.4 Å². The van der Waals surface area contributed by atoms with E-state index in [2.05, 4.69) is 37.0 Å². The minimum absolute atomic E-state index is 0.321. The summed E-state index contributed by atoms with van der Waals surface area (Å²) in [5, 5.41) is 14.5. The predicted octanol–water partition coefficient (Wildman–Crippen LogP) is 5.15. The Morgan fingerprint density at radius 1 is 1.40 bits per heavy atom. The van der Waals surface area contributed by atoms with Gasteiger partial charge in [0, 0.05) is 7.05 Å². The molecule has 0 bridgehead atoms. The van der Waals surface area contributed by atoms with E-state index in [4.69, 9.17) is 0 Å². The van der Waals surface area contributed by atoms with Crippen molar-refractivity contribution in [1.82, 2.24) is 0 Å². The number of thiophene rings is 1. The third-order valence-corrected chi connectivity index (χ3v) is 4.55. The van der Waals surface area contributed by atoms with Crippen LogP contribution in [0.4, 0.5) is 5.00 Å². The van der Waals surface area contributed by atoms with Gasteiger partial charge in [-0.05, 0) is 30.0 Å². The summed E-state index contributed by atoms with van der Waals surface area (Å²) >= 11 is 1.53. The number of aryl methyl sites for hydroxylation is 1.